The Balaban J connectivity index is 2.97. The molecule has 0 atom stereocenters. The van der Waals surface area contributed by atoms with Crippen molar-refractivity contribution in [3.05, 3.63) is 10.6 Å². The number of ether oxygens (including phenoxy) is 1. The first-order valence-electron chi connectivity index (χ1n) is 7.82. The van der Waals surface area contributed by atoms with Gasteiger partial charge < -0.3 is 15.0 Å². The fourth-order valence-electron chi connectivity index (χ4n) is 2.08. The lowest BCUT2D eigenvalue weighted by atomic mass is 10.2. The summed E-state index contributed by atoms with van der Waals surface area (Å²) in [5.74, 6) is 0.624. The largest absolute Gasteiger partial charge is 0.378 e. The van der Waals surface area contributed by atoms with Crippen LogP contribution in [0.1, 0.15) is 52.1 Å². The Hall–Kier alpha value is -0.650. The Kier molecular flexibility index (Phi) is 7.63. The fraction of sp³-hybridized carbons (Fsp3) is 0.812. The second-order valence-electron chi connectivity index (χ2n) is 6.47. The quantitative estimate of drug-likeness (QED) is 0.755. The number of hydrogen-bond acceptors (Lipinski definition) is 5. The van der Waals surface area contributed by atoms with Crippen LogP contribution >= 0.6 is 11.3 Å². The maximum Gasteiger partial charge on any atom is 0.186 e. The van der Waals surface area contributed by atoms with Crippen LogP contribution in [0.2, 0.25) is 0 Å². The average molecular weight is 314 g/mol. The maximum atomic E-state index is 5.31. The van der Waals surface area contributed by atoms with Crippen molar-refractivity contribution in [3.8, 4) is 0 Å². The van der Waals surface area contributed by atoms with Crippen molar-refractivity contribution in [2.45, 2.75) is 66.8 Å². The summed E-state index contributed by atoms with van der Waals surface area (Å²) in [7, 11) is 1.73. The molecule has 0 radical (unpaired) electrons. The molecule has 0 saturated heterocycles. The lowest BCUT2D eigenvalue weighted by molar-refractivity contribution is 0.181. The van der Waals surface area contributed by atoms with Gasteiger partial charge in [-0.3, -0.25) is 0 Å². The van der Waals surface area contributed by atoms with Crippen molar-refractivity contribution in [2.75, 3.05) is 18.6 Å². The predicted octanol–water partition coefficient (Wildman–Crippen LogP) is 3.66. The molecule has 1 aromatic heterocycles. The van der Waals surface area contributed by atoms with Gasteiger partial charge in [-0.1, -0.05) is 27.7 Å². The van der Waals surface area contributed by atoms with Crippen LogP contribution in [0.3, 0.4) is 0 Å². The van der Waals surface area contributed by atoms with Crippen LogP contribution in [0.5, 0.6) is 0 Å². The van der Waals surface area contributed by atoms with Crippen LogP contribution in [0, 0.1) is 5.92 Å². The van der Waals surface area contributed by atoms with Gasteiger partial charge >= 0.3 is 0 Å². The standard InChI is InChI=1S/C16H31N3OS/c1-11(2)9-19(13(5)6)16-18-14(10-20-7)15(21-16)8-17-12(3)4/h11-13,17H,8-10H2,1-7H3. The first kappa shape index (κ1) is 18.4. The van der Waals surface area contributed by atoms with Crippen molar-refractivity contribution in [1.29, 1.82) is 0 Å². The lowest BCUT2D eigenvalue weighted by Gasteiger charge is -2.27. The number of rotatable bonds is 9. The van der Waals surface area contributed by atoms with Crippen LogP contribution in [0.15, 0.2) is 0 Å². The SMILES string of the molecule is COCc1nc(N(CC(C)C)C(C)C)sc1CNC(C)C. The van der Waals surface area contributed by atoms with Crippen molar-refractivity contribution in [1.82, 2.24) is 10.3 Å². The third-order valence-corrected chi connectivity index (χ3v) is 4.28. The minimum absolute atomic E-state index is 0.458. The molecule has 0 saturated carbocycles. The van der Waals surface area contributed by atoms with Crippen LogP contribution in [0.25, 0.3) is 0 Å². The van der Waals surface area contributed by atoms with E-state index in [9.17, 15) is 0 Å². The molecule has 0 amide bonds. The number of hydrogen-bond donors (Lipinski definition) is 1. The normalized spacial score (nSPS) is 11.9. The smallest absolute Gasteiger partial charge is 0.186 e. The van der Waals surface area contributed by atoms with Crippen molar-refractivity contribution < 1.29 is 4.74 Å². The monoisotopic (exact) mass is 313 g/mol. The third-order valence-electron chi connectivity index (χ3n) is 3.15. The molecule has 0 aromatic carbocycles. The molecule has 0 aliphatic rings. The molecule has 0 aliphatic carbocycles. The van der Waals surface area contributed by atoms with Gasteiger partial charge in [0.05, 0.1) is 12.3 Å². The van der Waals surface area contributed by atoms with Crippen LogP contribution < -0.4 is 10.2 Å². The summed E-state index contributed by atoms with van der Waals surface area (Å²) in [6, 6.07) is 0.933. The summed E-state index contributed by atoms with van der Waals surface area (Å²) in [4.78, 5) is 8.52. The zero-order chi connectivity index (χ0) is 16.0. The van der Waals surface area contributed by atoms with E-state index < -0.39 is 0 Å². The summed E-state index contributed by atoms with van der Waals surface area (Å²) in [6.07, 6.45) is 0. The molecule has 4 nitrogen and oxygen atoms in total. The van der Waals surface area contributed by atoms with E-state index in [0.29, 0.717) is 24.6 Å². The molecule has 0 fully saturated rings. The lowest BCUT2D eigenvalue weighted by Crippen LogP contribution is -2.34. The molecule has 1 N–H and O–H groups in total. The molecule has 1 heterocycles. The van der Waals surface area contributed by atoms with Crippen molar-refractivity contribution in [3.63, 3.8) is 0 Å². The Morgan fingerprint density at radius 1 is 1.19 bits per heavy atom. The molecular formula is C16H31N3OS. The molecule has 1 rings (SSSR count). The van der Waals surface area contributed by atoms with Gasteiger partial charge in [0.25, 0.3) is 0 Å². The highest BCUT2D eigenvalue weighted by Crippen LogP contribution is 2.29. The Morgan fingerprint density at radius 3 is 2.33 bits per heavy atom. The van der Waals surface area contributed by atoms with Gasteiger partial charge in [-0.2, -0.15) is 0 Å². The molecule has 1 aromatic rings. The second-order valence-corrected chi connectivity index (χ2v) is 7.54. The number of anilines is 1. The van der Waals surface area contributed by atoms with Gasteiger partial charge in [-0.05, 0) is 19.8 Å². The topological polar surface area (TPSA) is 37.4 Å². The minimum atomic E-state index is 0.458. The van der Waals surface area contributed by atoms with E-state index in [-0.39, 0.29) is 0 Å². The second kappa shape index (κ2) is 8.71. The highest BCUT2D eigenvalue weighted by Gasteiger charge is 2.19. The van der Waals surface area contributed by atoms with Gasteiger partial charge in [0.2, 0.25) is 0 Å². The van der Waals surface area contributed by atoms with E-state index in [0.717, 1.165) is 23.9 Å². The molecule has 122 valence electrons. The minimum Gasteiger partial charge on any atom is -0.378 e. The highest BCUT2D eigenvalue weighted by molar-refractivity contribution is 7.15. The van der Waals surface area contributed by atoms with E-state index >= 15 is 0 Å². The number of thiazole rings is 1. The highest BCUT2D eigenvalue weighted by atomic mass is 32.1. The first-order chi connectivity index (χ1) is 9.85. The fourth-order valence-corrected chi connectivity index (χ4v) is 3.24. The molecule has 21 heavy (non-hydrogen) atoms. The van der Waals surface area contributed by atoms with Crippen LogP contribution in [-0.4, -0.2) is 30.7 Å². The molecule has 5 heteroatoms. The van der Waals surface area contributed by atoms with E-state index in [1.165, 1.54) is 4.88 Å². The van der Waals surface area contributed by atoms with Crippen molar-refractivity contribution >= 4 is 16.5 Å². The zero-order valence-corrected chi connectivity index (χ0v) is 15.4. The summed E-state index contributed by atoms with van der Waals surface area (Å²) in [5, 5.41) is 4.60. The molecular weight excluding hydrogens is 282 g/mol. The summed E-state index contributed by atoms with van der Waals surface area (Å²) in [5.41, 5.74) is 1.07. The van der Waals surface area contributed by atoms with Crippen LogP contribution in [-0.2, 0) is 17.9 Å². The summed E-state index contributed by atoms with van der Waals surface area (Å²) >= 11 is 1.79. The zero-order valence-electron chi connectivity index (χ0n) is 14.6. The van der Waals surface area contributed by atoms with E-state index in [1.807, 2.05) is 0 Å². The van der Waals surface area contributed by atoms with E-state index in [2.05, 4.69) is 51.8 Å². The maximum absolute atomic E-state index is 5.31. The third kappa shape index (κ3) is 5.93. The summed E-state index contributed by atoms with van der Waals surface area (Å²) in [6.45, 7) is 15.8. The Bertz CT molecular complexity index is 416. The average Bonchev–Trinajstić information content (AvgIpc) is 2.76. The van der Waals surface area contributed by atoms with Gasteiger partial charge in [0, 0.05) is 37.2 Å². The Morgan fingerprint density at radius 2 is 1.86 bits per heavy atom. The van der Waals surface area contributed by atoms with Gasteiger partial charge in [-0.25, -0.2) is 4.98 Å². The molecule has 0 unspecified atom stereocenters. The predicted molar refractivity (Wildman–Crippen MR) is 92.1 cm³/mol. The van der Waals surface area contributed by atoms with E-state index in [1.54, 1.807) is 18.4 Å². The number of nitrogens with zero attached hydrogens (tertiary/aromatic N) is 2. The number of nitrogens with one attached hydrogen (secondary N) is 1. The molecule has 0 aliphatic heterocycles. The molecule has 0 bridgehead atoms. The van der Waals surface area contributed by atoms with Crippen molar-refractivity contribution in [2.24, 2.45) is 5.92 Å². The van der Waals surface area contributed by atoms with Gasteiger partial charge in [0.1, 0.15) is 0 Å². The molecule has 0 spiro atoms. The Labute approximate surface area is 133 Å². The van der Waals surface area contributed by atoms with E-state index in [4.69, 9.17) is 9.72 Å². The summed E-state index contributed by atoms with van der Waals surface area (Å²) < 4.78 is 5.31. The number of aromatic nitrogens is 1. The first-order valence-corrected chi connectivity index (χ1v) is 8.64. The van der Waals surface area contributed by atoms with Crippen LogP contribution in [0.4, 0.5) is 5.13 Å². The number of methoxy groups -OCH3 is 1. The van der Waals surface area contributed by atoms with Gasteiger partial charge in [0.15, 0.2) is 5.13 Å². The van der Waals surface area contributed by atoms with Gasteiger partial charge in [-0.15, -0.1) is 11.3 Å².